The van der Waals surface area contributed by atoms with Gasteiger partial charge in [0, 0.05) is 29.7 Å². The van der Waals surface area contributed by atoms with E-state index < -0.39 is 0 Å². The Morgan fingerprint density at radius 2 is 2.00 bits per heavy atom. The number of Topliss-reactive ketones (excluding diaryl/α,β-unsaturated/α-hetero) is 1. The number of likely N-dealkylation sites (tertiary alicyclic amines) is 1. The van der Waals surface area contributed by atoms with Crippen molar-refractivity contribution in [2.75, 3.05) is 37.6 Å². The standard InChI is InChI=1S/C25H30Cl2N6O/c1-15(34)11-31-8-4-5-18(12-31)19-13-32(14-19)23-10-28-24-16(2)30-33(25(24)29-23)17(3)21-7-6-20(26)9-22(21)27/h6-7,9-10,17-19H,4-5,8,11-14H2,1-3H3. The molecule has 0 bridgehead atoms. The minimum atomic E-state index is -0.107. The van der Waals surface area contributed by atoms with Gasteiger partial charge in [0.05, 0.1) is 24.5 Å². The van der Waals surface area contributed by atoms with Crippen LogP contribution in [0.1, 0.15) is 44.0 Å². The van der Waals surface area contributed by atoms with Crippen molar-refractivity contribution in [3.8, 4) is 0 Å². The molecule has 0 saturated carbocycles. The van der Waals surface area contributed by atoms with Gasteiger partial charge in [-0.15, -0.1) is 0 Å². The number of nitrogens with zero attached hydrogens (tertiary/aromatic N) is 6. The molecule has 0 amide bonds. The molecule has 2 unspecified atom stereocenters. The minimum absolute atomic E-state index is 0.107. The van der Waals surface area contributed by atoms with Gasteiger partial charge >= 0.3 is 0 Å². The van der Waals surface area contributed by atoms with Crippen LogP contribution in [0, 0.1) is 18.8 Å². The summed E-state index contributed by atoms with van der Waals surface area (Å²) in [5.41, 5.74) is 3.37. The summed E-state index contributed by atoms with van der Waals surface area (Å²) in [5, 5.41) is 5.97. The zero-order valence-corrected chi connectivity index (χ0v) is 21.4. The molecule has 1 aromatic carbocycles. The van der Waals surface area contributed by atoms with E-state index in [0.717, 1.165) is 54.4 Å². The Hall–Kier alpha value is -2.22. The lowest BCUT2D eigenvalue weighted by atomic mass is 9.80. The Kier molecular flexibility index (Phi) is 6.53. The normalized spacial score (nSPS) is 20.5. The lowest BCUT2D eigenvalue weighted by Gasteiger charge is -2.46. The lowest BCUT2D eigenvalue weighted by molar-refractivity contribution is -0.118. The van der Waals surface area contributed by atoms with Crippen molar-refractivity contribution in [2.45, 2.75) is 39.7 Å². The van der Waals surface area contributed by atoms with Gasteiger partial charge in [0.2, 0.25) is 0 Å². The molecule has 2 aliphatic heterocycles. The highest BCUT2D eigenvalue weighted by Gasteiger charge is 2.37. The number of carbonyl (C=O) groups is 1. The molecule has 9 heteroatoms. The van der Waals surface area contributed by atoms with E-state index in [9.17, 15) is 4.79 Å². The lowest BCUT2D eigenvalue weighted by Crippen LogP contribution is -2.54. The van der Waals surface area contributed by atoms with Gasteiger partial charge in [-0.05, 0) is 69.7 Å². The van der Waals surface area contributed by atoms with E-state index in [4.69, 9.17) is 38.3 Å². The highest BCUT2D eigenvalue weighted by molar-refractivity contribution is 6.35. The topological polar surface area (TPSA) is 67.2 Å². The van der Waals surface area contributed by atoms with Crippen LogP contribution in [0.4, 0.5) is 5.82 Å². The fraction of sp³-hybridized carbons (Fsp3) is 0.520. The highest BCUT2D eigenvalue weighted by Crippen LogP contribution is 2.35. The number of aryl methyl sites for hydroxylation is 1. The van der Waals surface area contributed by atoms with Crippen molar-refractivity contribution in [1.82, 2.24) is 24.6 Å². The number of fused-ring (bicyclic) bond motifs is 1. The molecule has 0 aliphatic carbocycles. The molecule has 0 N–H and O–H groups in total. The Labute approximate surface area is 210 Å². The van der Waals surface area contributed by atoms with Gasteiger partial charge in [0.25, 0.3) is 0 Å². The Morgan fingerprint density at radius 1 is 1.21 bits per heavy atom. The summed E-state index contributed by atoms with van der Waals surface area (Å²) < 4.78 is 1.91. The fourth-order valence-corrected chi connectivity index (χ4v) is 5.93. The predicted molar refractivity (Wildman–Crippen MR) is 136 cm³/mol. The summed E-state index contributed by atoms with van der Waals surface area (Å²) in [6.07, 6.45) is 4.27. The number of ketones is 1. The van der Waals surface area contributed by atoms with Crippen LogP contribution in [0.3, 0.4) is 0 Å². The van der Waals surface area contributed by atoms with Crippen molar-refractivity contribution in [3.05, 3.63) is 45.7 Å². The number of halogens is 2. The second kappa shape index (κ2) is 9.44. The number of piperidine rings is 1. The van der Waals surface area contributed by atoms with Crippen LogP contribution in [0.25, 0.3) is 11.2 Å². The average molecular weight is 501 g/mol. The summed E-state index contributed by atoms with van der Waals surface area (Å²) >= 11 is 12.6. The molecule has 4 heterocycles. The second-order valence-electron chi connectivity index (χ2n) is 9.78. The largest absolute Gasteiger partial charge is 0.355 e. The summed E-state index contributed by atoms with van der Waals surface area (Å²) in [4.78, 5) is 25.8. The summed E-state index contributed by atoms with van der Waals surface area (Å²) in [7, 11) is 0. The molecule has 7 nitrogen and oxygen atoms in total. The summed E-state index contributed by atoms with van der Waals surface area (Å²) in [6, 6.07) is 5.43. The smallest absolute Gasteiger partial charge is 0.179 e. The summed E-state index contributed by atoms with van der Waals surface area (Å²) in [5.74, 6) is 2.41. The van der Waals surface area contributed by atoms with E-state index in [-0.39, 0.29) is 11.8 Å². The molecule has 2 saturated heterocycles. The number of rotatable bonds is 6. The SMILES string of the molecule is CC(=O)CN1CCCC(C2CN(c3cnc4c(C)nn(C(C)c5ccc(Cl)cc5Cl)c4n3)C2)C1. The van der Waals surface area contributed by atoms with Crippen molar-refractivity contribution >= 4 is 46.0 Å². The van der Waals surface area contributed by atoms with Gasteiger partial charge in [0.15, 0.2) is 5.65 Å². The van der Waals surface area contributed by atoms with Crippen molar-refractivity contribution in [3.63, 3.8) is 0 Å². The van der Waals surface area contributed by atoms with Gasteiger partial charge in [-0.25, -0.2) is 14.6 Å². The van der Waals surface area contributed by atoms with Crippen molar-refractivity contribution < 1.29 is 4.79 Å². The molecule has 5 rings (SSSR count). The Morgan fingerprint density at radius 3 is 2.74 bits per heavy atom. The number of hydrogen-bond donors (Lipinski definition) is 0. The predicted octanol–water partition coefficient (Wildman–Crippen LogP) is 4.79. The number of aromatic nitrogens is 4. The molecular weight excluding hydrogens is 471 g/mol. The zero-order chi connectivity index (χ0) is 24.0. The monoisotopic (exact) mass is 500 g/mol. The third kappa shape index (κ3) is 4.53. The minimum Gasteiger partial charge on any atom is -0.355 e. The van der Waals surface area contributed by atoms with E-state index in [2.05, 4.69) is 16.7 Å². The molecule has 2 aliphatic rings. The molecule has 0 radical (unpaired) electrons. The summed E-state index contributed by atoms with van der Waals surface area (Å²) in [6.45, 7) is 10.3. The third-order valence-electron chi connectivity index (χ3n) is 7.23. The second-order valence-corrected chi connectivity index (χ2v) is 10.6. The van der Waals surface area contributed by atoms with Crippen molar-refractivity contribution in [1.29, 1.82) is 0 Å². The maximum absolute atomic E-state index is 11.5. The van der Waals surface area contributed by atoms with Gasteiger partial charge in [-0.3, -0.25) is 9.69 Å². The van der Waals surface area contributed by atoms with Crippen molar-refractivity contribution in [2.24, 2.45) is 11.8 Å². The van der Waals surface area contributed by atoms with E-state index in [0.29, 0.717) is 28.4 Å². The highest BCUT2D eigenvalue weighted by atomic mass is 35.5. The maximum atomic E-state index is 11.5. The van der Waals surface area contributed by atoms with Gasteiger partial charge in [-0.1, -0.05) is 29.3 Å². The van der Waals surface area contributed by atoms with E-state index in [1.54, 1.807) is 13.0 Å². The fourth-order valence-electron chi connectivity index (χ4n) is 5.37. The molecule has 2 fully saturated rings. The zero-order valence-electron chi connectivity index (χ0n) is 19.8. The first-order valence-corrected chi connectivity index (χ1v) is 12.7. The Bertz CT molecular complexity index is 1220. The first kappa shape index (κ1) is 23.5. The molecule has 2 aromatic heterocycles. The number of carbonyl (C=O) groups excluding carboxylic acids is 1. The average Bonchev–Trinajstić information content (AvgIpc) is 3.08. The van der Waals surface area contributed by atoms with E-state index in [1.165, 1.54) is 12.8 Å². The van der Waals surface area contributed by atoms with Gasteiger partial charge in [-0.2, -0.15) is 5.10 Å². The molecule has 2 atom stereocenters. The molecule has 0 spiro atoms. The van der Waals surface area contributed by atoms with Crippen LogP contribution in [0.15, 0.2) is 24.4 Å². The Balaban J connectivity index is 1.33. The van der Waals surface area contributed by atoms with Crippen LogP contribution in [-0.4, -0.2) is 63.2 Å². The van der Waals surface area contributed by atoms with E-state index >= 15 is 0 Å². The third-order valence-corrected chi connectivity index (χ3v) is 7.79. The molecule has 34 heavy (non-hydrogen) atoms. The number of anilines is 1. The van der Waals surface area contributed by atoms with Gasteiger partial charge in [0.1, 0.15) is 17.1 Å². The number of benzene rings is 1. The molecule has 180 valence electrons. The van der Waals surface area contributed by atoms with Crippen LogP contribution in [0.5, 0.6) is 0 Å². The van der Waals surface area contributed by atoms with Crippen LogP contribution in [0.2, 0.25) is 10.0 Å². The van der Waals surface area contributed by atoms with Gasteiger partial charge < -0.3 is 4.90 Å². The molecule has 3 aromatic rings. The number of hydrogen-bond acceptors (Lipinski definition) is 6. The molecular formula is C25H30Cl2N6O. The first-order chi connectivity index (χ1) is 16.3. The van der Waals surface area contributed by atoms with Crippen LogP contribution < -0.4 is 4.90 Å². The quantitative estimate of drug-likeness (QED) is 0.484. The first-order valence-electron chi connectivity index (χ1n) is 11.9. The van der Waals surface area contributed by atoms with Crippen LogP contribution >= 0.6 is 23.2 Å². The maximum Gasteiger partial charge on any atom is 0.179 e. The van der Waals surface area contributed by atoms with E-state index in [1.807, 2.05) is 29.9 Å². The van der Waals surface area contributed by atoms with Crippen LogP contribution in [-0.2, 0) is 4.79 Å².